The van der Waals surface area contributed by atoms with E-state index in [1.807, 2.05) is 20.1 Å². The van der Waals surface area contributed by atoms with Crippen LogP contribution in [0.5, 0.6) is 0 Å². The number of hydrogen-bond acceptors (Lipinski definition) is 4. The van der Waals surface area contributed by atoms with Gasteiger partial charge in [-0.3, -0.25) is 4.79 Å². The lowest BCUT2D eigenvalue weighted by Gasteiger charge is -2.18. The maximum absolute atomic E-state index is 13.9. The van der Waals surface area contributed by atoms with E-state index in [-0.39, 0.29) is 17.4 Å². The van der Waals surface area contributed by atoms with Gasteiger partial charge in [0, 0.05) is 17.5 Å². The van der Waals surface area contributed by atoms with E-state index >= 15 is 0 Å². The van der Waals surface area contributed by atoms with Gasteiger partial charge < -0.3 is 5.32 Å². The second-order valence-corrected chi connectivity index (χ2v) is 6.86. The highest BCUT2D eigenvalue weighted by Crippen LogP contribution is 2.24. The van der Waals surface area contributed by atoms with E-state index in [1.54, 1.807) is 13.8 Å². The average molecular weight is 365 g/mol. The highest BCUT2D eigenvalue weighted by atomic mass is 32.2. The van der Waals surface area contributed by atoms with E-state index in [4.69, 9.17) is 0 Å². The van der Waals surface area contributed by atoms with Crippen LogP contribution in [0.2, 0.25) is 0 Å². The minimum absolute atomic E-state index is 0.147. The van der Waals surface area contributed by atoms with Crippen LogP contribution in [-0.4, -0.2) is 22.1 Å². The topological polar surface area (TPSA) is 54.9 Å². The molecule has 0 aliphatic carbocycles. The first kappa shape index (κ1) is 19.3. The molecule has 25 heavy (non-hydrogen) atoms. The zero-order valence-corrected chi connectivity index (χ0v) is 15.7. The maximum Gasteiger partial charge on any atom is 0.256 e. The monoisotopic (exact) mass is 365 g/mol. The van der Waals surface area contributed by atoms with Gasteiger partial charge in [-0.2, -0.15) is 0 Å². The van der Waals surface area contributed by atoms with Crippen LogP contribution in [0.4, 0.5) is 8.78 Å². The number of carbonyl (C=O) groups is 1. The minimum atomic E-state index is -0.694. The number of benzene rings is 1. The lowest BCUT2D eigenvalue weighted by atomic mass is 10.1. The quantitative estimate of drug-likeness (QED) is 0.630. The van der Waals surface area contributed by atoms with Crippen LogP contribution in [0.3, 0.4) is 0 Å². The van der Waals surface area contributed by atoms with Crippen LogP contribution in [0.1, 0.15) is 60.2 Å². The summed E-state index contributed by atoms with van der Waals surface area (Å²) in [5, 5.41) is 3.33. The fourth-order valence-corrected chi connectivity index (χ4v) is 3.06. The van der Waals surface area contributed by atoms with Gasteiger partial charge in [-0.1, -0.05) is 19.9 Å². The Kier molecular flexibility index (Phi) is 6.11. The van der Waals surface area contributed by atoms with E-state index in [0.717, 1.165) is 6.07 Å². The van der Waals surface area contributed by atoms with Crippen molar-refractivity contribution in [3.63, 3.8) is 0 Å². The van der Waals surface area contributed by atoms with Crippen molar-refractivity contribution < 1.29 is 13.6 Å². The molecular formula is C18H21F2N3OS. The Balaban J connectivity index is 2.31. The second-order valence-electron chi connectivity index (χ2n) is 6.07. The van der Waals surface area contributed by atoms with Gasteiger partial charge in [-0.25, -0.2) is 18.7 Å². The molecule has 1 atom stereocenters. The number of aryl methyl sites for hydroxylation is 1. The third-order valence-electron chi connectivity index (χ3n) is 3.79. The highest BCUT2D eigenvalue weighted by Gasteiger charge is 2.22. The lowest BCUT2D eigenvalue weighted by Crippen LogP contribution is -2.29. The zero-order valence-electron chi connectivity index (χ0n) is 14.9. The molecule has 0 aliphatic rings. The molecule has 1 aromatic heterocycles. The van der Waals surface area contributed by atoms with Crippen LogP contribution >= 0.6 is 11.8 Å². The third kappa shape index (κ3) is 4.34. The SMILES string of the molecule is CSc1nc(C(C)C)nc(C)c1C(=O)NC(C)c1ccc(F)cc1F. The molecule has 1 heterocycles. The normalized spacial score (nSPS) is 12.3. The molecule has 134 valence electrons. The Labute approximate surface area is 150 Å². The summed E-state index contributed by atoms with van der Waals surface area (Å²) in [7, 11) is 0. The van der Waals surface area contributed by atoms with E-state index in [0.29, 0.717) is 22.1 Å². The summed E-state index contributed by atoms with van der Waals surface area (Å²) in [6.07, 6.45) is 1.84. The molecule has 1 amide bonds. The Morgan fingerprint density at radius 1 is 1.20 bits per heavy atom. The first-order valence-electron chi connectivity index (χ1n) is 7.92. The van der Waals surface area contributed by atoms with Crippen LogP contribution in [-0.2, 0) is 0 Å². The lowest BCUT2D eigenvalue weighted by molar-refractivity contribution is 0.0934. The van der Waals surface area contributed by atoms with Crippen molar-refractivity contribution in [2.75, 3.05) is 6.26 Å². The summed E-state index contributed by atoms with van der Waals surface area (Å²) in [5.74, 6) is -0.905. The van der Waals surface area contributed by atoms with E-state index in [1.165, 1.54) is 23.9 Å². The van der Waals surface area contributed by atoms with Crippen molar-refractivity contribution in [3.05, 3.63) is 52.5 Å². The molecule has 0 radical (unpaired) electrons. The van der Waals surface area contributed by atoms with Gasteiger partial charge in [0.15, 0.2) is 0 Å². The van der Waals surface area contributed by atoms with E-state index in [2.05, 4.69) is 15.3 Å². The average Bonchev–Trinajstić information content (AvgIpc) is 2.53. The first-order valence-corrected chi connectivity index (χ1v) is 9.15. The fraction of sp³-hybridized carbons (Fsp3) is 0.389. The maximum atomic E-state index is 13.9. The number of rotatable bonds is 5. The number of halogens is 2. The summed E-state index contributed by atoms with van der Waals surface area (Å²) in [5.41, 5.74) is 1.18. The molecule has 4 nitrogen and oxygen atoms in total. The number of nitrogens with one attached hydrogen (secondary N) is 1. The number of hydrogen-bond donors (Lipinski definition) is 1. The minimum Gasteiger partial charge on any atom is -0.345 e. The molecule has 2 aromatic rings. The molecular weight excluding hydrogens is 344 g/mol. The molecule has 7 heteroatoms. The number of aromatic nitrogens is 2. The van der Waals surface area contributed by atoms with Crippen molar-refractivity contribution in [3.8, 4) is 0 Å². The van der Waals surface area contributed by atoms with Crippen molar-refractivity contribution in [1.29, 1.82) is 0 Å². The molecule has 0 spiro atoms. The molecule has 0 aliphatic heterocycles. The van der Waals surface area contributed by atoms with Gasteiger partial charge in [0.25, 0.3) is 5.91 Å². The third-order valence-corrected chi connectivity index (χ3v) is 4.47. The van der Waals surface area contributed by atoms with Crippen molar-refractivity contribution >= 4 is 17.7 Å². The Hall–Kier alpha value is -2.02. The largest absolute Gasteiger partial charge is 0.345 e. The predicted molar refractivity (Wildman–Crippen MR) is 94.9 cm³/mol. The summed E-state index contributed by atoms with van der Waals surface area (Å²) in [6.45, 7) is 7.37. The summed E-state index contributed by atoms with van der Waals surface area (Å²) in [4.78, 5) is 21.5. The van der Waals surface area contributed by atoms with Crippen molar-refractivity contribution in [2.45, 2.75) is 44.7 Å². The Morgan fingerprint density at radius 2 is 1.88 bits per heavy atom. The summed E-state index contributed by atoms with van der Waals surface area (Å²) in [6, 6.07) is 2.68. The molecule has 0 saturated carbocycles. The Morgan fingerprint density at radius 3 is 2.44 bits per heavy atom. The number of amides is 1. The van der Waals surface area contributed by atoms with Crippen LogP contribution in [0.25, 0.3) is 0 Å². The van der Waals surface area contributed by atoms with Crippen molar-refractivity contribution in [1.82, 2.24) is 15.3 Å². The van der Waals surface area contributed by atoms with Gasteiger partial charge in [0.05, 0.1) is 17.3 Å². The van der Waals surface area contributed by atoms with Crippen molar-refractivity contribution in [2.24, 2.45) is 0 Å². The fourth-order valence-electron chi connectivity index (χ4n) is 2.43. The molecule has 1 N–H and O–H groups in total. The first-order chi connectivity index (χ1) is 11.7. The smallest absolute Gasteiger partial charge is 0.256 e. The molecule has 1 aromatic carbocycles. The zero-order chi connectivity index (χ0) is 18.7. The number of nitrogens with zero attached hydrogens (tertiary/aromatic N) is 2. The molecule has 0 saturated heterocycles. The molecule has 0 fully saturated rings. The number of carbonyl (C=O) groups excluding carboxylic acids is 1. The van der Waals surface area contributed by atoms with Crippen LogP contribution in [0.15, 0.2) is 23.2 Å². The summed E-state index contributed by atoms with van der Waals surface area (Å²) >= 11 is 1.36. The van der Waals surface area contributed by atoms with Gasteiger partial charge in [0.1, 0.15) is 22.5 Å². The predicted octanol–water partition coefficient (Wildman–Crippen LogP) is 4.40. The summed E-state index contributed by atoms with van der Waals surface area (Å²) < 4.78 is 26.9. The number of thioether (sulfide) groups is 1. The molecule has 1 unspecified atom stereocenters. The molecule has 0 bridgehead atoms. The van der Waals surface area contributed by atoms with Gasteiger partial charge >= 0.3 is 0 Å². The standard InChI is InChI=1S/C18H21F2N3OS/c1-9(2)16-21-11(4)15(18(23-16)25-5)17(24)22-10(3)13-7-6-12(19)8-14(13)20/h6-10H,1-5H3,(H,22,24). The van der Waals surface area contributed by atoms with Crippen LogP contribution in [0, 0.1) is 18.6 Å². The second kappa shape index (κ2) is 7.91. The van der Waals surface area contributed by atoms with Crippen LogP contribution < -0.4 is 5.32 Å². The van der Waals surface area contributed by atoms with Gasteiger partial charge in [0.2, 0.25) is 0 Å². The molecule has 2 rings (SSSR count). The van der Waals surface area contributed by atoms with E-state index in [9.17, 15) is 13.6 Å². The highest BCUT2D eigenvalue weighted by molar-refractivity contribution is 7.98. The van der Waals surface area contributed by atoms with E-state index < -0.39 is 17.7 Å². The van der Waals surface area contributed by atoms with Gasteiger partial charge in [-0.15, -0.1) is 11.8 Å². The van der Waals surface area contributed by atoms with Gasteiger partial charge in [-0.05, 0) is 26.2 Å². The Bertz CT molecular complexity index is 796.